The Hall–Kier alpha value is -1.05. The van der Waals surface area contributed by atoms with Crippen LogP contribution in [0.2, 0.25) is 0 Å². The van der Waals surface area contributed by atoms with Gasteiger partial charge in [0.2, 0.25) is 0 Å². The SMILES string of the molecule is C[C@@H]1CN(c2cc(Br)cc(C#N)c2)C[C@H](C)O1. The first kappa shape index (κ1) is 12.4. The zero-order chi connectivity index (χ0) is 12.4. The molecule has 0 radical (unpaired) electrons. The van der Waals surface area contributed by atoms with Gasteiger partial charge in [0.1, 0.15) is 0 Å². The van der Waals surface area contributed by atoms with Gasteiger partial charge in [-0.1, -0.05) is 15.9 Å². The fourth-order valence-corrected chi connectivity index (χ4v) is 2.69. The quantitative estimate of drug-likeness (QED) is 0.799. The summed E-state index contributed by atoms with van der Waals surface area (Å²) in [6, 6.07) is 7.99. The lowest BCUT2D eigenvalue weighted by Crippen LogP contribution is -2.45. The zero-order valence-corrected chi connectivity index (χ0v) is 11.6. The molecule has 17 heavy (non-hydrogen) atoms. The van der Waals surface area contributed by atoms with Crippen LogP contribution in [0.4, 0.5) is 5.69 Å². The van der Waals surface area contributed by atoms with Crippen molar-refractivity contribution in [3.05, 3.63) is 28.2 Å². The number of ether oxygens (including phenoxy) is 1. The van der Waals surface area contributed by atoms with Gasteiger partial charge < -0.3 is 9.64 Å². The average molecular weight is 295 g/mol. The Kier molecular flexibility index (Phi) is 3.70. The summed E-state index contributed by atoms with van der Waals surface area (Å²) in [7, 11) is 0. The van der Waals surface area contributed by atoms with Gasteiger partial charge >= 0.3 is 0 Å². The summed E-state index contributed by atoms with van der Waals surface area (Å²) in [6.45, 7) is 5.88. The van der Waals surface area contributed by atoms with Crippen molar-refractivity contribution in [3.8, 4) is 6.07 Å². The number of nitrogens with zero attached hydrogens (tertiary/aromatic N) is 2. The highest BCUT2D eigenvalue weighted by molar-refractivity contribution is 9.10. The predicted octanol–water partition coefficient (Wildman–Crippen LogP) is 2.93. The molecule has 0 N–H and O–H groups in total. The molecule has 1 aliphatic heterocycles. The number of nitriles is 1. The summed E-state index contributed by atoms with van der Waals surface area (Å²) in [5.41, 5.74) is 1.76. The van der Waals surface area contributed by atoms with Crippen molar-refractivity contribution in [1.29, 1.82) is 5.26 Å². The number of anilines is 1. The van der Waals surface area contributed by atoms with Crippen molar-refractivity contribution in [3.63, 3.8) is 0 Å². The number of hydrogen-bond donors (Lipinski definition) is 0. The third-order valence-electron chi connectivity index (χ3n) is 2.80. The molecular weight excluding hydrogens is 280 g/mol. The van der Waals surface area contributed by atoms with Gasteiger partial charge in [0, 0.05) is 23.2 Å². The van der Waals surface area contributed by atoms with E-state index in [2.05, 4.69) is 40.7 Å². The maximum atomic E-state index is 8.97. The van der Waals surface area contributed by atoms with Crippen molar-refractivity contribution >= 4 is 21.6 Å². The molecule has 2 atom stereocenters. The van der Waals surface area contributed by atoms with Crippen LogP contribution in [0, 0.1) is 11.3 Å². The topological polar surface area (TPSA) is 36.3 Å². The largest absolute Gasteiger partial charge is 0.372 e. The molecule has 1 saturated heterocycles. The van der Waals surface area contributed by atoms with Crippen LogP contribution in [0.15, 0.2) is 22.7 Å². The van der Waals surface area contributed by atoms with Crippen LogP contribution in [0.1, 0.15) is 19.4 Å². The highest BCUT2D eigenvalue weighted by atomic mass is 79.9. The third kappa shape index (κ3) is 2.99. The van der Waals surface area contributed by atoms with Crippen LogP contribution in [0.25, 0.3) is 0 Å². The molecule has 1 aromatic rings. The molecular formula is C13H15BrN2O. The molecule has 0 unspecified atom stereocenters. The number of morpholine rings is 1. The fourth-order valence-electron chi connectivity index (χ4n) is 2.21. The first-order valence-electron chi connectivity index (χ1n) is 5.69. The molecule has 1 heterocycles. The molecule has 0 amide bonds. The van der Waals surface area contributed by atoms with Crippen molar-refractivity contribution in [1.82, 2.24) is 0 Å². The second kappa shape index (κ2) is 5.07. The molecule has 0 saturated carbocycles. The van der Waals surface area contributed by atoms with Crippen molar-refractivity contribution in [2.45, 2.75) is 26.1 Å². The number of hydrogen-bond acceptors (Lipinski definition) is 3. The second-order valence-corrected chi connectivity index (χ2v) is 5.39. The molecule has 4 heteroatoms. The Morgan fingerprint density at radius 2 is 1.94 bits per heavy atom. The Labute approximate surface area is 110 Å². The normalized spacial score (nSPS) is 24.5. The Balaban J connectivity index is 2.27. The van der Waals surface area contributed by atoms with Crippen LogP contribution in [-0.4, -0.2) is 25.3 Å². The molecule has 90 valence electrons. The van der Waals surface area contributed by atoms with E-state index in [9.17, 15) is 0 Å². The van der Waals surface area contributed by atoms with Gasteiger partial charge in [-0.25, -0.2) is 0 Å². The summed E-state index contributed by atoms with van der Waals surface area (Å²) in [5.74, 6) is 0. The number of benzene rings is 1. The van der Waals surface area contributed by atoms with Gasteiger partial charge in [0.15, 0.2) is 0 Å². The van der Waals surface area contributed by atoms with Crippen molar-refractivity contribution in [2.24, 2.45) is 0 Å². The lowest BCUT2D eigenvalue weighted by Gasteiger charge is -2.37. The first-order valence-corrected chi connectivity index (χ1v) is 6.49. The number of halogens is 1. The second-order valence-electron chi connectivity index (χ2n) is 4.47. The molecule has 3 nitrogen and oxygen atoms in total. The Morgan fingerprint density at radius 3 is 2.53 bits per heavy atom. The van der Waals surface area contributed by atoms with Crippen LogP contribution >= 0.6 is 15.9 Å². The van der Waals surface area contributed by atoms with E-state index in [1.54, 1.807) is 0 Å². The van der Waals surface area contributed by atoms with E-state index in [4.69, 9.17) is 10.00 Å². The average Bonchev–Trinajstić information content (AvgIpc) is 2.26. The maximum Gasteiger partial charge on any atom is 0.0992 e. The van der Waals surface area contributed by atoms with Gasteiger partial charge in [0.05, 0.1) is 23.8 Å². The molecule has 0 aliphatic carbocycles. The summed E-state index contributed by atoms with van der Waals surface area (Å²) in [6.07, 6.45) is 0.450. The smallest absolute Gasteiger partial charge is 0.0992 e. The third-order valence-corrected chi connectivity index (χ3v) is 3.25. The first-order chi connectivity index (χ1) is 8.08. The van der Waals surface area contributed by atoms with Gasteiger partial charge in [-0.3, -0.25) is 0 Å². The van der Waals surface area contributed by atoms with Crippen molar-refractivity contribution < 1.29 is 4.74 Å². The van der Waals surface area contributed by atoms with Gasteiger partial charge in [0.25, 0.3) is 0 Å². The molecule has 1 fully saturated rings. The van der Waals surface area contributed by atoms with Gasteiger partial charge in [-0.05, 0) is 32.0 Å². The van der Waals surface area contributed by atoms with E-state index in [-0.39, 0.29) is 12.2 Å². The molecule has 0 spiro atoms. The summed E-state index contributed by atoms with van der Waals surface area (Å²) in [5, 5.41) is 8.97. The van der Waals surface area contributed by atoms with Crippen LogP contribution in [-0.2, 0) is 4.74 Å². The molecule has 1 aliphatic rings. The molecule has 1 aromatic carbocycles. The minimum atomic E-state index is 0.225. The summed E-state index contributed by atoms with van der Waals surface area (Å²) < 4.78 is 6.65. The molecule has 2 rings (SSSR count). The van der Waals surface area contributed by atoms with Crippen LogP contribution in [0.5, 0.6) is 0 Å². The zero-order valence-electron chi connectivity index (χ0n) is 9.98. The van der Waals surface area contributed by atoms with Crippen molar-refractivity contribution in [2.75, 3.05) is 18.0 Å². The summed E-state index contributed by atoms with van der Waals surface area (Å²) in [4.78, 5) is 2.27. The highest BCUT2D eigenvalue weighted by Crippen LogP contribution is 2.25. The standard InChI is InChI=1S/C13H15BrN2O/c1-9-7-16(8-10(2)17-9)13-4-11(6-15)3-12(14)5-13/h3-5,9-10H,7-8H2,1-2H3/t9-,10+. The minimum absolute atomic E-state index is 0.225. The van der Waals surface area contributed by atoms with Crippen LogP contribution in [0.3, 0.4) is 0 Å². The van der Waals surface area contributed by atoms with E-state index >= 15 is 0 Å². The molecule has 0 aromatic heterocycles. The van der Waals surface area contributed by atoms with Gasteiger partial charge in [-0.2, -0.15) is 5.26 Å². The van der Waals surface area contributed by atoms with E-state index in [0.29, 0.717) is 5.56 Å². The van der Waals surface area contributed by atoms with E-state index in [1.165, 1.54) is 0 Å². The minimum Gasteiger partial charge on any atom is -0.372 e. The lowest BCUT2D eigenvalue weighted by molar-refractivity contribution is -0.00522. The monoisotopic (exact) mass is 294 g/mol. The summed E-state index contributed by atoms with van der Waals surface area (Å²) >= 11 is 3.44. The fraction of sp³-hybridized carbons (Fsp3) is 0.462. The predicted molar refractivity (Wildman–Crippen MR) is 71.1 cm³/mol. The van der Waals surface area contributed by atoms with E-state index < -0.39 is 0 Å². The van der Waals surface area contributed by atoms with Gasteiger partial charge in [-0.15, -0.1) is 0 Å². The maximum absolute atomic E-state index is 8.97. The number of rotatable bonds is 1. The Bertz CT molecular complexity index is 445. The molecule has 0 bridgehead atoms. The van der Waals surface area contributed by atoms with E-state index in [0.717, 1.165) is 23.2 Å². The lowest BCUT2D eigenvalue weighted by atomic mass is 10.1. The highest BCUT2D eigenvalue weighted by Gasteiger charge is 2.22. The van der Waals surface area contributed by atoms with E-state index in [1.807, 2.05) is 18.2 Å². The van der Waals surface area contributed by atoms with Crippen LogP contribution < -0.4 is 4.90 Å². The Morgan fingerprint density at radius 1 is 1.29 bits per heavy atom.